The highest BCUT2D eigenvalue weighted by atomic mass is 16.4. The van der Waals surface area contributed by atoms with E-state index in [2.05, 4.69) is 46.4 Å². The Labute approximate surface area is 226 Å². The smallest absolute Gasteiger partial charge is 0.255 e. The Hall–Kier alpha value is -3.89. The molecular formula is C29H31N5O5. The summed E-state index contributed by atoms with van der Waals surface area (Å²) in [5.74, 6) is -0.456. The van der Waals surface area contributed by atoms with Gasteiger partial charge in [-0.05, 0) is 47.7 Å². The molecule has 0 aliphatic carbocycles. The van der Waals surface area contributed by atoms with Crippen molar-refractivity contribution in [1.29, 1.82) is 0 Å². The molecule has 4 heterocycles. The van der Waals surface area contributed by atoms with Gasteiger partial charge < -0.3 is 14.4 Å². The van der Waals surface area contributed by atoms with Gasteiger partial charge >= 0.3 is 0 Å². The van der Waals surface area contributed by atoms with Gasteiger partial charge in [0.05, 0.1) is 5.60 Å². The quantitative estimate of drug-likeness (QED) is 0.483. The first kappa shape index (κ1) is 25.4. The Morgan fingerprint density at radius 2 is 1.92 bits per heavy atom. The number of aliphatic hydroxyl groups is 1. The van der Waals surface area contributed by atoms with Crippen molar-refractivity contribution >= 4 is 17.7 Å². The number of nitrogens with zero attached hydrogens (tertiary/aromatic N) is 4. The Morgan fingerprint density at radius 1 is 1.13 bits per heavy atom. The molecule has 3 amide bonds. The third-order valence-corrected chi connectivity index (χ3v) is 8.50. The van der Waals surface area contributed by atoms with Crippen LogP contribution in [0.4, 0.5) is 0 Å². The summed E-state index contributed by atoms with van der Waals surface area (Å²) in [6.07, 6.45) is 2.40. The number of nitrogens with one attached hydrogen (secondary N) is 1. The van der Waals surface area contributed by atoms with Crippen LogP contribution in [0.5, 0.6) is 0 Å². The largest absolute Gasteiger partial charge is 0.423 e. The molecule has 0 saturated carbocycles. The summed E-state index contributed by atoms with van der Waals surface area (Å²) in [5.41, 5.74) is 2.62. The second kappa shape index (κ2) is 9.39. The summed E-state index contributed by atoms with van der Waals surface area (Å²) in [7, 11) is 0. The summed E-state index contributed by atoms with van der Waals surface area (Å²) < 4.78 is 5.27. The first-order valence-electron chi connectivity index (χ1n) is 13.2. The molecule has 10 nitrogen and oxygen atoms in total. The minimum absolute atomic E-state index is 0.211. The van der Waals surface area contributed by atoms with Crippen molar-refractivity contribution in [2.45, 2.75) is 57.8 Å². The second-order valence-electron chi connectivity index (χ2n) is 11.4. The topological polar surface area (TPSA) is 129 Å². The maximum atomic E-state index is 13.1. The average Bonchev–Trinajstić information content (AvgIpc) is 3.55. The van der Waals surface area contributed by atoms with E-state index in [-0.39, 0.29) is 24.8 Å². The zero-order valence-corrected chi connectivity index (χ0v) is 22.0. The number of carbonyl (C=O) groups is 3. The number of piperidine rings is 2. The molecule has 2 fully saturated rings. The Balaban J connectivity index is 1.16. The lowest BCUT2D eigenvalue weighted by Crippen LogP contribution is -2.55. The summed E-state index contributed by atoms with van der Waals surface area (Å²) >= 11 is 0. The molecule has 0 unspecified atom stereocenters. The number of likely N-dealkylation sites (tertiary alicyclic amines) is 1. The van der Waals surface area contributed by atoms with Crippen LogP contribution < -0.4 is 5.32 Å². The SMILES string of the molecule is CC1(C)CN(Cc2ccc(-c3nnco3)cc2)CC[C@]1(O)c1ccc2c(c1)CN([C@@H]1CCC(=O)NC1=O)C2=O. The zero-order valence-electron chi connectivity index (χ0n) is 22.0. The molecule has 3 aliphatic heterocycles. The number of hydrogen-bond donors (Lipinski definition) is 2. The molecule has 2 aromatic carbocycles. The van der Waals surface area contributed by atoms with E-state index in [9.17, 15) is 19.5 Å². The number of benzene rings is 2. The molecule has 2 atom stereocenters. The van der Waals surface area contributed by atoms with Crippen LogP contribution in [0.2, 0.25) is 0 Å². The van der Waals surface area contributed by atoms with Crippen molar-refractivity contribution in [3.63, 3.8) is 0 Å². The van der Waals surface area contributed by atoms with Gasteiger partial charge in [-0.25, -0.2) is 0 Å². The molecule has 202 valence electrons. The van der Waals surface area contributed by atoms with E-state index in [1.165, 1.54) is 11.3 Å². The lowest BCUT2D eigenvalue weighted by atomic mass is 9.66. The number of amides is 3. The summed E-state index contributed by atoms with van der Waals surface area (Å²) in [4.78, 5) is 40.9. The summed E-state index contributed by atoms with van der Waals surface area (Å²) in [6.45, 7) is 6.59. The first-order valence-corrected chi connectivity index (χ1v) is 13.2. The minimum atomic E-state index is -1.08. The van der Waals surface area contributed by atoms with Crippen molar-refractivity contribution in [2.24, 2.45) is 5.41 Å². The molecular weight excluding hydrogens is 498 g/mol. The normalized spacial score (nSPS) is 25.1. The second-order valence-corrected chi connectivity index (χ2v) is 11.4. The predicted octanol–water partition coefficient (Wildman–Crippen LogP) is 2.62. The fourth-order valence-electron chi connectivity index (χ4n) is 6.24. The Bertz CT molecular complexity index is 1430. The molecule has 0 radical (unpaired) electrons. The highest BCUT2D eigenvalue weighted by Gasteiger charge is 2.49. The average molecular weight is 530 g/mol. The standard InChI is InChI=1S/C29H31N5O5/c1-28(2)16-33(14-18-3-5-19(6-4-18)26-32-30-17-39-26)12-11-29(28,38)21-7-8-22-20(13-21)15-34(27(22)37)23-9-10-24(35)31-25(23)36/h3-8,13,17,23,38H,9-12,14-16H2,1-2H3,(H,31,35,36)/t23-,29+/m1/s1. The van der Waals surface area contributed by atoms with Crippen LogP contribution in [-0.2, 0) is 28.3 Å². The van der Waals surface area contributed by atoms with Crippen molar-refractivity contribution < 1.29 is 23.9 Å². The number of carbonyl (C=O) groups excluding carboxylic acids is 3. The van der Waals surface area contributed by atoms with Gasteiger partial charge in [-0.1, -0.05) is 38.1 Å². The van der Waals surface area contributed by atoms with Crippen LogP contribution >= 0.6 is 0 Å². The Morgan fingerprint density at radius 3 is 2.62 bits per heavy atom. The predicted molar refractivity (Wildman–Crippen MR) is 140 cm³/mol. The third-order valence-electron chi connectivity index (χ3n) is 8.50. The number of hydrogen-bond acceptors (Lipinski definition) is 8. The lowest BCUT2D eigenvalue weighted by molar-refractivity contribution is -0.136. The number of fused-ring (bicyclic) bond motifs is 1. The molecule has 3 aliphatic rings. The minimum Gasteiger partial charge on any atom is -0.423 e. The fourth-order valence-corrected chi connectivity index (χ4v) is 6.24. The molecule has 1 aromatic heterocycles. The molecule has 0 spiro atoms. The van der Waals surface area contributed by atoms with Gasteiger partial charge in [0.1, 0.15) is 6.04 Å². The van der Waals surface area contributed by atoms with E-state index in [0.29, 0.717) is 37.4 Å². The molecule has 39 heavy (non-hydrogen) atoms. The van der Waals surface area contributed by atoms with Crippen molar-refractivity contribution in [3.8, 4) is 11.5 Å². The maximum absolute atomic E-state index is 13.1. The number of imide groups is 1. The fraction of sp³-hybridized carbons (Fsp3) is 0.414. The van der Waals surface area contributed by atoms with Gasteiger partial charge in [0.25, 0.3) is 5.91 Å². The maximum Gasteiger partial charge on any atom is 0.255 e. The van der Waals surface area contributed by atoms with E-state index >= 15 is 0 Å². The first-order chi connectivity index (χ1) is 18.6. The van der Waals surface area contributed by atoms with Gasteiger partial charge in [0, 0.05) is 49.1 Å². The molecule has 6 rings (SSSR count). The van der Waals surface area contributed by atoms with Crippen molar-refractivity contribution in [2.75, 3.05) is 13.1 Å². The number of rotatable bonds is 5. The van der Waals surface area contributed by atoms with E-state index in [0.717, 1.165) is 28.8 Å². The van der Waals surface area contributed by atoms with Crippen LogP contribution in [0.25, 0.3) is 11.5 Å². The van der Waals surface area contributed by atoms with Crippen molar-refractivity contribution in [1.82, 2.24) is 25.3 Å². The van der Waals surface area contributed by atoms with E-state index in [1.807, 2.05) is 24.3 Å². The molecule has 2 N–H and O–H groups in total. The van der Waals surface area contributed by atoms with Gasteiger partial charge in [-0.2, -0.15) is 0 Å². The van der Waals surface area contributed by atoms with Gasteiger partial charge in [0.15, 0.2) is 0 Å². The van der Waals surface area contributed by atoms with Crippen LogP contribution in [0.3, 0.4) is 0 Å². The van der Waals surface area contributed by atoms with E-state index in [1.54, 1.807) is 6.07 Å². The van der Waals surface area contributed by atoms with Crippen LogP contribution in [0.15, 0.2) is 53.3 Å². The van der Waals surface area contributed by atoms with Crippen LogP contribution in [0, 0.1) is 5.41 Å². The van der Waals surface area contributed by atoms with Crippen molar-refractivity contribution in [3.05, 3.63) is 71.1 Å². The molecule has 10 heteroatoms. The third kappa shape index (κ3) is 4.43. The van der Waals surface area contributed by atoms with E-state index in [4.69, 9.17) is 4.42 Å². The molecule has 2 saturated heterocycles. The highest BCUT2D eigenvalue weighted by Crippen LogP contribution is 2.47. The summed E-state index contributed by atoms with van der Waals surface area (Å²) in [6, 6.07) is 12.9. The van der Waals surface area contributed by atoms with Crippen LogP contribution in [0.1, 0.15) is 60.2 Å². The van der Waals surface area contributed by atoms with Gasteiger partial charge in [-0.15, -0.1) is 10.2 Å². The summed E-state index contributed by atoms with van der Waals surface area (Å²) in [5, 5.41) is 22.0. The molecule has 0 bridgehead atoms. The lowest BCUT2D eigenvalue weighted by Gasteiger charge is -2.50. The number of aromatic nitrogens is 2. The zero-order chi connectivity index (χ0) is 27.4. The Kier molecular flexibility index (Phi) is 6.11. The van der Waals surface area contributed by atoms with Gasteiger partial charge in [0.2, 0.25) is 24.1 Å². The molecule has 3 aromatic rings. The van der Waals surface area contributed by atoms with Crippen LogP contribution in [-0.4, -0.2) is 62.0 Å². The highest BCUT2D eigenvalue weighted by molar-refractivity contribution is 6.05. The monoisotopic (exact) mass is 529 g/mol. The van der Waals surface area contributed by atoms with Gasteiger partial charge in [-0.3, -0.25) is 24.6 Å². The van der Waals surface area contributed by atoms with E-state index < -0.39 is 23.0 Å².